The summed E-state index contributed by atoms with van der Waals surface area (Å²) in [7, 11) is 0. The second-order valence-electron chi connectivity index (χ2n) is 4.10. The van der Waals surface area contributed by atoms with Crippen LogP contribution in [0, 0.1) is 5.92 Å². The van der Waals surface area contributed by atoms with Crippen molar-refractivity contribution >= 4 is 11.6 Å². The molecule has 0 aliphatic rings. The zero-order valence-electron chi connectivity index (χ0n) is 9.59. The minimum Gasteiger partial charge on any atom is -0.316 e. The van der Waals surface area contributed by atoms with Crippen molar-refractivity contribution in [1.29, 1.82) is 0 Å². The molecule has 0 aliphatic carbocycles. The van der Waals surface area contributed by atoms with Gasteiger partial charge in [-0.25, -0.2) is 0 Å². The van der Waals surface area contributed by atoms with Gasteiger partial charge in [-0.05, 0) is 43.1 Å². The highest BCUT2D eigenvalue weighted by molar-refractivity contribution is 6.30. The largest absolute Gasteiger partial charge is 0.316 e. The average Bonchev–Trinajstić information content (AvgIpc) is 2.24. The van der Waals surface area contributed by atoms with Crippen LogP contribution in [0.4, 0.5) is 0 Å². The first-order valence-corrected chi connectivity index (χ1v) is 6.05. The molecule has 2 heteroatoms. The minimum atomic E-state index is 0.768. The Labute approximate surface area is 97.8 Å². The van der Waals surface area contributed by atoms with Gasteiger partial charge in [0.15, 0.2) is 0 Å². The third kappa shape index (κ3) is 5.19. The van der Waals surface area contributed by atoms with Crippen LogP contribution in [0.15, 0.2) is 24.3 Å². The zero-order valence-corrected chi connectivity index (χ0v) is 10.3. The smallest absolute Gasteiger partial charge is 0.0408 e. The highest BCUT2D eigenvalue weighted by Gasteiger charge is 1.98. The Morgan fingerprint density at radius 1 is 1.40 bits per heavy atom. The van der Waals surface area contributed by atoms with E-state index >= 15 is 0 Å². The second-order valence-corrected chi connectivity index (χ2v) is 4.53. The summed E-state index contributed by atoms with van der Waals surface area (Å²) < 4.78 is 0. The molecule has 1 rings (SSSR count). The fourth-order valence-corrected chi connectivity index (χ4v) is 1.63. The van der Waals surface area contributed by atoms with E-state index in [1.807, 2.05) is 18.2 Å². The van der Waals surface area contributed by atoms with Gasteiger partial charge in [-0.15, -0.1) is 0 Å². The van der Waals surface area contributed by atoms with E-state index in [0.29, 0.717) is 0 Å². The van der Waals surface area contributed by atoms with Gasteiger partial charge in [-0.2, -0.15) is 0 Å². The Morgan fingerprint density at radius 3 is 2.87 bits per heavy atom. The summed E-state index contributed by atoms with van der Waals surface area (Å²) in [4.78, 5) is 0. The molecule has 0 saturated heterocycles. The fourth-order valence-electron chi connectivity index (χ4n) is 1.42. The fraction of sp³-hybridized carbons (Fsp3) is 0.538. The van der Waals surface area contributed by atoms with Crippen LogP contribution in [-0.4, -0.2) is 13.1 Å². The molecule has 1 unspecified atom stereocenters. The quantitative estimate of drug-likeness (QED) is 0.731. The molecule has 1 atom stereocenters. The van der Waals surface area contributed by atoms with Gasteiger partial charge >= 0.3 is 0 Å². The van der Waals surface area contributed by atoms with Gasteiger partial charge in [-0.1, -0.05) is 44.0 Å². The monoisotopic (exact) mass is 225 g/mol. The molecule has 15 heavy (non-hydrogen) atoms. The van der Waals surface area contributed by atoms with Crippen molar-refractivity contribution in [1.82, 2.24) is 5.32 Å². The summed E-state index contributed by atoms with van der Waals surface area (Å²) in [6.07, 6.45) is 2.29. The maximum absolute atomic E-state index is 5.91. The van der Waals surface area contributed by atoms with Crippen LogP contribution in [0.5, 0.6) is 0 Å². The summed E-state index contributed by atoms with van der Waals surface area (Å²) in [5.74, 6) is 0.768. The molecule has 0 fully saturated rings. The predicted octanol–water partition coefficient (Wildman–Crippen LogP) is 3.52. The Hall–Kier alpha value is -0.530. The molecule has 1 nitrogen and oxygen atoms in total. The lowest BCUT2D eigenvalue weighted by molar-refractivity contribution is 0.502. The average molecular weight is 226 g/mol. The number of halogens is 1. The van der Waals surface area contributed by atoms with Crippen molar-refractivity contribution in [2.45, 2.75) is 26.7 Å². The van der Waals surface area contributed by atoms with Gasteiger partial charge < -0.3 is 5.32 Å². The maximum atomic E-state index is 5.91. The molecule has 0 bridgehead atoms. The van der Waals surface area contributed by atoms with Gasteiger partial charge in [-0.3, -0.25) is 0 Å². The van der Waals surface area contributed by atoms with Gasteiger partial charge in [0, 0.05) is 5.02 Å². The summed E-state index contributed by atoms with van der Waals surface area (Å²) >= 11 is 5.91. The Kier molecular flexibility index (Phi) is 5.74. The molecule has 1 aromatic carbocycles. The van der Waals surface area contributed by atoms with Crippen molar-refractivity contribution in [2.75, 3.05) is 13.1 Å². The third-order valence-corrected chi connectivity index (χ3v) is 2.90. The van der Waals surface area contributed by atoms with Crippen LogP contribution in [0.1, 0.15) is 25.8 Å². The van der Waals surface area contributed by atoms with E-state index in [2.05, 4.69) is 25.2 Å². The number of rotatable bonds is 6. The van der Waals surface area contributed by atoms with E-state index < -0.39 is 0 Å². The van der Waals surface area contributed by atoms with E-state index in [9.17, 15) is 0 Å². The second kappa shape index (κ2) is 6.86. The van der Waals surface area contributed by atoms with Crippen LogP contribution in [0.25, 0.3) is 0 Å². The van der Waals surface area contributed by atoms with Crippen molar-refractivity contribution in [3.63, 3.8) is 0 Å². The van der Waals surface area contributed by atoms with Crippen LogP contribution < -0.4 is 5.32 Å². The Morgan fingerprint density at radius 2 is 2.20 bits per heavy atom. The van der Waals surface area contributed by atoms with E-state index in [-0.39, 0.29) is 0 Å². The maximum Gasteiger partial charge on any atom is 0.0408 e. The molecule has 1 N–H and O–H groups in total. The Balaban J connectivity index is 2.20. The van der Waals surface area contributed by atoms with E-state index in [1.54, 1.807) is 0 Å². The standard InChI is InChI=1S/C13H20ClN/c1-3-11(2)10-15-8-7-12-5-4-6-13(14)9-12/h4-6,9,11,15H,3,7-8,10H2,1-2H3. The molecule has 0 heterocycles. The van der Waals surface area contributed by atoms with E-state index in [0.717, 1.165) is 30.5 Å². The normalized spacial score (nSPS) is 12.7. The molecule has 0 saturated carbocycles. The number of hydrogen-bond donors (Lipinski definition) is 1. The van der Waals surface area contributed by atoms with Crippen molar-refractivity contribution in [3.8, 4) is 0 Å². The van der Waals surface area contributed by atoms with E-state index in [1.165, 1.54) is 12.0 Å². The SMILES string of the molecule is CCC(C)CNCCc1cccc(Cl)c1. The molecular weight excluding hydrogens is 206 g/mol. The van der Waals surface area contributed by atoms with Crippen molar-refractivity contribution in [2.24, 2.45) is 5.92 Å². The number of nitrogens with one attached hydrogen (secondary N) is 1. The summed E-state index contributed by atoms with van der Waals surface area (Å²) in [5.41, 5.74) is 1.30. The molecule has 0 aliphatic heterocycles. The highest BCUT2D eigenvalue weighted by atomic mass is 35.5. The minimum absolute atomic E-state index is 0.768. The van der Waals surface area contributed by atoms with Gasteiger partial charge in [0.2, 0.25) is 0 Å². The highest BCUT2D eigenvalue weighted by Crippen LogP contribution is 2.10. The summed E-state index contributed by atoms with van der Waals surface area (Å²) in [6, 6.07) is 8.08. The van der Waals surface area contributed by atoms with Gasteiger partial charge in [0.25, 0.3) is 0 Å². The number of benzene rings is 1. The summed E-state index contributed by atoms with van der Waals surface area (Å²) in [5, 5.41) is 4.29. The van der Waals surface area contributed by atoms with Crippen LogP contribution in [-0.2, 0) is 6.42 Å². The first-order chi connectivity index (χ1) is 7.22. The van der Waals surface area contributed by atoms with Gasteiger partial charge in [0.05, 0.1) is 0 Å². The van der Waals surface area contributed by atoms with E-state index in [4.69, 9.17) is 11.6 Å². The van der Waals surface area contributed by atoms with Crippen LogP contribution >= 0.6 is 11.6 Å². The third-order valence-electron chi connectivity index (χ3n) is 2.67. The van der Waals surface area contributed by atoms with Crippen molar-refractivity contribution < 1.29 is 0 Å². The number of hydrogen-bond acceptors (Lipinski definition) is 1. The van der Waals surface area contributed by atoms with Crippen LogP contribution in [0.2, 0.25) is 5.02 Å². The summed E-state index contributed by atoms with van der Waals surface area (Å²) in [6.45, 7) is 6.64. The lowest BCUT2D eigenvalue weighted by atomic mass is 10.1. The topological polar surface area (TPSA) is 12.0 Å². The molecule has 0 amide bonds. The molecular formula is C13H20ClN. The molecule has 0 spiro atoms. The molecule has 0 radical (unpaired) electrons. The zero-order chi connectivity index (χ0) is 11.1. The lowest BCUT2D eigenvalue weighted by Gasteiger charge is -2.09. The first-order valence-electron chi connectivity index (χ1n) is 5.67. The Bertz CT molecular complexity index is 286. The molecule has 0 aromatic heterocycles. The molecule has 1 aromatic rings. The molecule has 84 valence electrons. The van der Waals surface area contributed by atoms with Crippen LogP contribution in [0.3, 0.4) is 0 Å². The van der Waals surface area contributed by atoms with Gasteiger partial charge in [0.1, 0.15) is 0 Å². The predicted molar refractivity (Wildman–Crippen MR) is 67.5 cm³/mol. The lowest BCUT2D eigenvalue weighted by Crippen LogP contribution is -2.23. The first kappa shape index (κ1) is 12.5. The van der Waals surface area contributed by atoms with Crippen molar-refractivity contribution in [3.05, 3.63) is 34.9 Å².